The largest absolute Gasteiger partial charge is 0.356 e. The first-order valence-corrected chi connectivity index (χ1v) is 10.8. The molecular formula is C22H30N6. The van der Waals surface area contributed by atoms with E-state index in [0.29, 0.717) is 5.92 Å². The molecule has 0 aromatic carbocycles. The lowest BCUT2D eigenvalue weighted by atomic mass is 9.97. The average molecular weight is 379 g/mol. The minimum Gasteiger partial charge on any atom is -0.356 e. The molecule has 1 saturated carbocycles. The molecule has 3 fully saturated rings. The second kappa shape index (κ2) is 8.03. The zero-order valence-corrected chi connectivity index (χ0v) is 16.6. The first-order chi connectivity index (χ1) is 13.8. The van der Waals surface area contributed by atoms with Crippen molar-refractivity contribution in [3.63, 3.8) is 0 Å². The van der Waals surface area contributed by atoms with Crippen LogP contribution in [0.5, 0.6) is 0 Å². The molecule has 2 saturated heterocycles. The molecule has 4 heterocycles. The van der Waals surface area contributed by atoms with Crippen molar-refractivity contribution in [2.24, 2.45) is 5.92 Å². The molecule has 148 valence electrons. The average Bonchev–Trinajstić information content (AvgIpc) is 3.61. The summed E-state index contributed by atoms with van der Waals surface area (Å²) in [5.74, 6) is 4.67. The molecule has 28 heavy (non-hydrogen) atoms. The third-order valence-corrected chi connectivity index (χ3v) is 6.31. The summed E-state index contributed by atoms with van der Waals surface area (Å²) in [7, 11) is 0. The molecule has 0 amide bonds. The van der Waals surface area contributed by atoms with Crippen LogP contribution in [0, 0.1) is 5.92 Å². The van der Waals surface area contributed by atoms with Crippen molar-refractivity contribution in [1.29, 1.82) is 0 Å². The lowest BCUT2D eigenvalue weighted by Crippen LogP contribution is -2.50. The maximum absolute atomic E-state index is 4.87. The van der Waals surface area contributed by atoms with E-state index in [2.05, 4.69) is 42.9 Å². The smallest absolute Gasteiger partial charge is 0.133 e. The first kappa shape index (κ1) is 17.9. The van der Waals surface area contributed by atoms with Crippen molar-refractivity contribution in [3.8, 4) is 0 Å². The number of aromatic nitrogens is 3. The van der Waals surface area contributed by atoms with Crippen molar-refractivity contribution in [2.75, 3.05) is 55.6 Å². The Labute approximate surface area is 167 Å². The predicted octanol–water partition coefficient (Wildman–Crippen LogP) is 2.79. The van der Waals surface area contributed by atoms with Crippen LogP contribution < -0.4 is 9.80 Å². The molecule has 1 aliphatic carbocycles. The zero-order valence-electron chi connectivity index (χ0n) is 16.6. The molecule has 3 aliphatic rings. The lowest BCUT2D eigenvalue weighted by Gasteiger charge is -2.40. The molecule has 0 spiro atoms. The summed E-state index contributed by atoms with van der Waals surface area (Å²) in [6.45, 7) is 7.87. The van der Waals surface area contributed by atoms with Crippen LogP contribution in [0.25, 0.3) is 0 Å². The van der Waals surface area contributed by atoms with Gasteiger partial charge in [0.25, 0.3) is 0 Å². The molecule has 2 aliphatic heterocycles. The van der Waals surface area contributed by atoms with Crippen LogP contribution in [0.3, 0.4) is 0 Å². The summed E-state index contributed by atoms with van der Waals surface area (Å²) in [6.07, 6.45) is 8.96. The van der Waals surface area contributed by atoms with E-state index in [-0.39, 0.29) is 0 Å². The molecule has 2 aromatic rings. The third kappa shape index (κ3) is 4.12. The van der Waals surface area contributed by atoms with Gasteiger partial charge >= 0.3 is 0 Å². The summed E-state index contributed by atoms with van der Waals surface area (Å²) in [6, 6.07) is 8.28. The van der Waals surface area contributed by atoms with Crippen molar-refractivity contribution >= 4 is 11.6 Å². The van der Waals surface area contributed by atoms with E-state index >= 15 is 0 Å². The molecule has 1 atom stereocenters. The van der Waals surface area contributed by atoms with Gasteiger partial charge in [-0.2, -0.15) is 0 Å². The van der Waals surface area contributed by atoms with E-state index in [1.54, 1.807) is 0 Å². The minimum absolute atomic E-state index is 0.621. The van der Waals surface area contributed by atoms with Crippen molar-refractivity contribution in [1.82, 2.24) is 19.9 Å². The van der Waals surface area contributed by atoms with Crippen LogP contribution in [-0.4, -0.2) is 65.7 Å². The summed E-state index contributed by atoms with van der Waals surface area (Å²) < 4.78 is 0. The van der Waals surface area contributed by atoms with Gasteiger partial charge in [-0.25, -0.2) is 15.0 Å². The highest BCUT2D eigenvalue weighted by atomic mass is 15.3. The third-order valence-electron chi connectivity index (χ3n) is 6.31. The standard InChI is InChI=1S/C22H30N6/c1-2-9-23-20(5-1)27-14-12-26(13-15-27)16-18-4-3-11-28(17-18)21-8-10-24-22(25-21)19-6-7-19/h1-2,5,8-10,18-19H,3-4,6-7,11-17H2. The highest BCUT2D eigenvalue weighted by Crippen LogP contribution is 2.38. The fourth-order valence-electron chi connectivity index (χ4n) is 4.57. The van der Waals surface area contributed by atoms with Crippen LogP contribution >= 0.6 is 0 Å². The molecule has 0 N–H and O–H groups in total. The van der Waals surface area contributed by atoms with E-state index in [9.17, 15) is 0 Å². The van der Waals surface area contributed by atoms with Gasteiger partial charge in [-0.3, -0.25) is 4.90 Å². The van der Waals surface area contributed by atoms with Crippen LogP contribution in [0.4, 0.5) is 11.6 Å². The number of piperidine rings is 1. The van der Waals surface area contributed by atoms with E-state index in [1.807, 2.05) is 18.5 Å². The summed E-state index contributed by atoms with van der Waals surface area (Å²) in [4.78, 5) is 21.4. The van der Waals surface area contributed by atoms with Gasteiger partial charge in [0, 0.05) is 64.1 Å². The fourth-order valence-corrected chi connectivity index (χ4v) is 4.57. The predicted molar refractivity (Wildman–Crippen MR) is 112 cm³/mol. The fraction of sp³-hybridized carbons (Fsp3) is 0.591. The lowest BCUT2D eigenvalue weighted by molar-refractivity contribution is 0.205. The Morgan fingerprint density at radius 2 is 1.71 bits per heavy atom. The van der Waals surface area contributed by atoms with E-state index < -0.39 is 0 Å². The van der Waals surface area contributed by atoms with E-state index in [0.717, 1.165) is 62.6 Å². The van der Waals surface area contributed by atoms with E-state index in [1.165, 1.54) is 32.2 Å². The highest BCUT2D eigenvalue weighted by molar-refractivity contribution is 5.39. The summed E-state index contributed by atoms with van der Waals surface area (Å²) in [5, 5.41) is 0. The van der Waals surface area contributed by atoms with Gasteiger partial charge in [-0.1, -0.05) is 6.07 Å². The Balaban J connectivity index is 1.15. The van der Waals surface area contributed by atoms with E-state index in [4.69, 9.17) is 4.98 Å². The minimum atomic E-state index is 0.621. The van der Waals surface area contributed by atoms with Crippen LogP contribution in [-0.2, 0) is 0 Å². The zero-order chi connectivity index (χ0) is 18.8. The molecule has 6 heteroatoms. The van der Waals surface area contributed by atoms with Crippen molar-refractivity contribution in [3.05, 3.63) is 42.5 Å². The monoisotopic (exact) mass is 378 g/mol. The van der Waals surface area contributed by atoms with Crippen LogP contribution in [0.15, 0.2) is 36.7 Å². The molecular weight excluding hydrogens is 348 g/mol. The topological polar surface area (TPSA) is 48.4 Å². The van der Waals surface area contributed by atoms with Gasteiger partial charge in [0.05, 0.1) is 0 Å². The maximum atomic E-state index is 4.87. The van der Waals surface area contributed by atoms with Gasteiger partial charge in [-0.15, -0.1) is 0 Å². The number of pyridine rings is 1. The number of anilines is 2. The van der Waals surface area contributed by atoms with Gasteiger partial charge in [0.2, 0.25) is 0 Å². The van der Waals surface area contributed by atoms with Gasteiger partial charge in [0.1, 0.15) is 17.5 Å². The van der Waals surface area contributed by atoms with Crippen LogP contribution in [0.1, 0.15) is 37.4 Å². The molecule has 5 rings (SSSR count). The van der Waals surface area contributed by atoms with Crippen molar-refractivity contribution in [2.45, 2.75) is 31.6 Å². The maximum Gasteiger partial charge on any atom is 0.133 e. The number of rotatable bonds is 5. The van der Waals surface area contributed by atoms with Gasteiger partial charge < -0.3 is 9.80 Å². The quantitative estimate of drug-likeness (QED) is 0.797. The Morgan fingerprint density at radius 1 is 0.821 bits per heavy atom. The molecule has 0 radical (unpaired) electrons. The molecule has 2 aromatic heterocycles. The summed E-state index contributed by atoms with van der Waals surface area (Å²) in [5.41, 5.74) is 0. The second-order valence-electron chi connectivity index (χ2n) is 8.48. The normalized spacial score (nSPS) is 23.8. The molecule has 6 nitrogen and oxygen atoms in total. The second-order valence-corrected chi connectivity index (χ2v) is 8.48. The Kier molecular flexibility index (Phi) is 5.12. The first-order valence-electron chi connectivity index (χ1n) is 10.8. The Hall–Kier alpha value is -2.21. The van der Waals surface area contributed by atoms with Gasteiger partial charge in [-0.05, 0) is 49.8 Å². The Morgan fingerprint density at radius 3 is 2.50 bits per heavy atom. The highest BCUT2D eigenvalue weighted by Gasteiger charge is 2.29. The number of hydrogen-bond acceptors (Lipinski definition) is 6. The van der Waals surface area contributed by atoms with Crippen molar-refractivity contribution < 1.29 is 0 Å². The number of piperazine rings is 1. The molecule has 0 bridgehead atoms. The number of hydrogen-bond donors (Lipinski definition) is 0. The number of nitrogens with zero attached hydrogens (tertiary/aromatic N) is 6. The summed E-state index contributed by atoms with van der Waals surface area (Å²) >= 11 is 0. The SMILES string of the molecule is c1ccc(N2CCN(CC3CCCN(c4ccnc(C5CC5)n4)C3)CC2)nc1. The van der Waals surface area contributed by atoms with Crippen LogP contribution in [0.2, 0.25) is 0 Å². The Bertz CT molecular complexity index is 770. The molecule has 1 unspecified atom stereocenters. The van der Waals surface area contributed by atoms with Gasteiger partial charge in [0.15, 0.2) is 0 Å².